The average Bonchev–Trinajstić information content (AvgIpc) is 2.53. The van der Waals surface area contributed by atoms with E-state index in [0.717, 1.165) is 32.1 Å². The third kappa shape index (κ3) is 4.09. The molecule has 1 aromatic rings. The van der Waals surface area contributed by atoms with Crippen molar-refractivity contribution >= 4 is 33.2 Å². The van der Waals surface area contributed by atoms with Gasteiger partial charge in [-0.25, -0.2) is 13.1 Å². The van der Waals surface area contributed by atoms with Crippen LogP contribution in [0.25, 0.3) is 0 Å². The van der Waals surface area contributed by atoms with Gasteiger partial charge in [0.2, 0.25) is 10.0 Å². The highest BCUT2D eigenvalue weighted by Gasteiger charge is 2.26. The maximum Gasteiger partial charge on any atom is 0.240 e. The molecular weight excluding hydrogens is 319 g/mol. The number of hydrogen-bond acceptors (Lipinski definition) is 3. The van der Waals surface area contributed by atoms with Crippen molar-refractivity contribution in [3.63, 3.8) is 0 Å². The van der Waals surface area contributed by atoms with Gasteiger partial charge < -0.3 is 5.73 Å². The standard InChI is InChI=1S/C13H18Cl2N2O2S/c14-9-6-10(15)8-11(7-9)20(18,19)17-13-5-3-1-2-4-12(13)16/h6-8,12-13,17H,1-5,16H2. The highest BCUT2D eigenvalue weighted by atomic mass is 35.5. The topological polar surface area (TPSA) is 72.2 Å². The first-order valence-electron chi connectivity index (χ1n) is 6.62. The van der Waals surface area contributed by atoms with Crippen LogP contribution in [-0.4, -0.2) is 20.5 Å². The Bertz CT molecular complexity index is 557. The van der Waals surface area contributed by atoms with Crippen LogP contribution in [0.1, 0.15) is 32.1 Å². The molecular formula is C13H18Cl2N2O2S. The first kappa shape index (κ1) is 16.0. The number of sulfonamides is 1. The number of nitrogens with one attached hydrogen (secondary N) is 1. The highest BCUT2D eigenvalue weighted by Crippen LogP contribution is 2.24. The van der Waals surface area contributed by atoms with Crippen molar-refractivity contribution in [3.8, 4) is 0 Å². The molecule has 1 aliphatic rings. The number of halogens is 2. The molecule has 0 spiro atoms. The van der Waals surface area contributed by atoms with Gasteiger partial charge in [0.25, 0.3) is 0 Å². The lowest BCUT2D eigenvalue weighted by atomic mass is 10.1. The van der Waals surface area contributed by atoms with Crippen LogP contribution in [0.4, 0.5) is 0 Å². The predicted octanol–water partition coefficient (Wildman–Crippen LogP) is 2.93. The maximum atomic E-state index is 12.4. The summed E-state index contributed by atoms with van der Waals surface area (Å²) >= 11 is 11.7. The maximum absolute atomic E-state index is 12.4. The van der Waals surface area contributed by atoms with Gasteiger partial charge in [-0.3, -0.25) is 0 Å². The zero-order valence-corrected chi connectivity index (χ0v) is 13.3. The van der Waals surface area contributed by atoms with Crippen LogP contribution in [0, 0.1) is 0 Å². The lowest BCUT2D eigenvalue weighted by molar-refractivity contribution is 0.456. The Hall–Kier alpha value is -0.330. The monoisotopic (exact) mass is 336 g/mol. The number of nitrogens with two attached hydrogens (primary N) is 1. The molecule has 0 radical (unpaired) electrons. The molecule has 20 heavy (non-hydrogen) atoms. The minimum Gasteiger partial charge on any atom is -0.326 e. The summed E-state index contributed by atoms with van der Waals surface area (Å²) < 4.78 is 27.4. The molecule has 0 aromatic heterocycles. The van der Waals surface area contributed by atoms with Crippen molar-refractivity contribution in [2.45, 2.75) is 49.1 Å². The minimum atomic E-state index is -3.65. The van der Waals surface area contributed by atoms with E-state index in [4.69, 9.17) is 28.9 Å². The van der Waals surface area contributed by atoms with Crippen molar-refractivity contribution < 1.29 is 8.42 Å². The summed E-state index contributed by atoms with van der Waals surface area (Å²) in [5.41, 5.74) is 6.04. The summed E-state index contributed by atoms with van der Waals surface area (Å²) in [6.45, 7) is 0. The Balaban J connectivity index is 2.21. The van der Waals surface area contributed by atoms with E-state index < -0.39 is 10.0 Å². The molecule has 4 nitrogen and oxygen atoms in total. The molecule has 3 N–H and O–H groups in total. The van der Waals surface area contributed by atoms with Crippen LogP contribution in [0.5, 0.6) is 0 Å². The summed E-state index contributed by atoms with van der Waals surface area (Å²) in [5, 5.41) is 0.589. The molecule has 2 unspecified atom stereocenters. The Morgan fingerprint density at radius 1 is 1.05 bits per heavy atom. The Morgan fingerprint density at radius 2 is 1.65 bits per heavy atom. The second-order valence-electron chi connectivity index (χ2n) is 5.13. The number of benzene rings is 1. The molecule has 2 rings (SSSR count). The molecule has 2 atom stereocenters. The molecule has 112 valence electrons. The Morgan fingerprint density at radius 3 is 2.30 bits per heavy atom. The van der Waals surface area contributed by atoms with E-state index in [0.29, 0.717) is 10.0 Å². The summed E-state index contributed by atoms with van der Waals surface area (Å²) in [5.74, 6) is 0. The van der Waals surface area contributed by atoms with Gasteiger partial charge in [0.1, 0.15) is 0 Å². The Labute approximate surface area is 129 Å². The minimum absolute atomic E-state index is 0.0754. The molecule has 1 fully saturated rings. The van der Waals surface area contributed by atoms with E-state index >= 15 is 0 Å². The van der Waals surface area contributed by atoms with Crippen LogP contribution in [0.2, 0.25) is 10.0 Å². The summed E-state index contributed by atoms with van der Waals surface area (Å²) in [7, 11) is -3.65. The fraction of sp³-hybridized carbons (Fsp3) is 0.538. The first-order valence-corrected chi connectivity index (χ1v) is 8.86. The van der Waals surface area contributed by atoms with Gasteiger partial charge in [-0.2, -0.15) is 0 Å². The van der Waals surface area contributed by atoms with Gasteiger partial charge in [-0.15, -0.1) is 0 Å². The smallest absolute Gasteiger partial charge is 0.240 e. The van der Waals surface area contributed by atoms with Crippen LogP contribution in [-0.2, 0) is 10.0 Å². The summed E-state index contributed by atoms with van der Waals surface area (Å²) in [6.07, 6.45) is 4.71. The van der Waals surface area contributed by atoms with E-state index in [1.165, 1.54) is 18.2 Å². The van der Waals surface area contributed by atoms with Gasteiger partial charge >= 0.3 is 0 Å². The first-order chi connectivity index (χ1) is 9.38. The van der Waals surface area contributed by atoms with E-state index in [-0.39, 0.29) is 17.0 Å². The van der Waals surface area contributed by atoms with E-state index in [1.54, 1.807) is 0 Å². The third-order valence-corrected chi connectivity index (χ3v) is 5.43. The van der Waals surface area contributed by atoms with Gasteiger partial charge in [-0.1, -0.05) is 42.5 Å². The molecule has 0 aliphatic heterocycles. The molecule has 0 heterocycles. The fourth-order valence-electron chi connectivity index (χ4n) is 2.43. The molecule has 0 saturated heterocycles. The van der Waals surface area contributed by atoms with Crippen LogP contribution >= 0.6 is 23.2 Å². The van der Waals surface area contributed by atoms with Crippen molar-refractivity contribution in [1.29, 1.82) is 0 Å². The number of hydrogen-bond donors (Lipinski definition) is 2. The second kappa shape index (κ2) is 6.62. The molecule has 1 saturated carbocycles. The largest absolute Gasteiger partial charge is 0.326 e. The molecule has 0 amide bonds. The third-order valence-electron chi connectivity index (χ3n) is 3.52. The summed E-state index contributed by atoms with van der Waals surface area (Å²) in [4.78, 5) is 0.0754. The van der Waals surface area contributed by atoms with Gasteiger partial charge in [0.05, 0.1) is 4.90 Å². The SMILES string of the molecule is NC1CCCCCC1NS(=O)(=O)c1cc(Cl)cc(Cl)c1. The zero-order valence-electron chi connectivity index (χ0n) is 11.0. The summed E-state index contributed by atoms with van der Waals surface area (Å²) in [6, 6.07) is 3.89. The lowest BCUT2D eigenvalue weighted by Crippen LogP contribution is -2.46. The molecule has 0 bridgehead atoms. The molecule has 7 heteroatoms. The lowest BCUT2D eigenvalue weighted by Gasteiger charge is -2.22. The van der Waals surface area contributed by atoms with Crippen molar-refractivity contribution in [2.24, 2.45) is 5.73 Å². The zero-order chi connectivity index (χ0) is 14.8. The fourth-order valence-corrected chi connectivity index (χ4v) is 4.48. The highest BCUT2D eigenvalue weighted by molar-refractivity contribution is 7.89. The van der Waals surface area contributed by atoms with Gasteiger partial charge in [0.15, 0.2) is 0 Å². The second-order valence-corrected chi connectivity index (χ2v) is 7.72. The normalized spacial score (nSPS) is 24.4. The van der Waals surface area contributed by atoms with Crippen LogP contribution in [0.15, 0.2) is 23.1 Å². The van der Waals surface area contributed by atoms with Crippen molar-refractivity contribution in [2.75, 3.05) is 0 Å². The van der Waals surface area contributed by atoms with Crippen LogP contribution in [0.3, 0.4) is 0 Å². The average molecular weight is 337 g/mol. The van der Waals surface area contributed by atoms with E-state index in [2.05, 4.69) is 4.72 Å². The van der Waals surface area contributed by atoms with E-state index in [1.807, 2.05) is 0 Å². The Kier molecular flexibility index (Phi) is 5.31. The van der Waals surface area contributed by atoms with Crippen molar-refractivity contribution in [1.82, 2.24) is 4.72 Å². The number of rotatable bonds is 3. The molecule has 1 aliphatic carbocycles. The quantitative estimate of drug-likeness (QED) is 0.833. The predicted molar refractivity (Wildman–Crippen MR) is 81.6 cm³/mol. The van der Waals surface area contributed by atoms with Crippen molar-refractivity contribution in [3.05, 3.63) is 28.2 Å². The molecule has 1 aromatic carbocycles. The van der Waals surface area contributed by atoms with Gasteiger partial charge in [0, 0.05) is 22.1 Å². The van der Waals surface area contributed by atoms with Crippen LogP contribution < -0.4 is 10.5 Å². The van der Waals surface area contributed by atoms with Gasteiger partial charge in [-0.05, 0) is 31.0 Å². The van der Waals surface area contributed by atoms with E-state index in [9.17, 15) is 8.42 Å².